The molecule has 1 N–H and O–H groups in total. The number of methoxy groups -OCH3 is 1. The molecule has 0 fully saturated rings. The zero-order valence-corrected chi connectivity index (χ0v) is 15.4. The first kappa shape index (κ1) is 18.4. The number of aromatic nitrogens is 2. The number of ether oxygens (including phenoxy) is 1. The van der Waals surface area contributed by atoms with Crippen molar-refractivity contribution in [3.8, 4) is 17.1 Å². The number of aryl methyl sites for hydroxylation is 1. The zero-order valence-electron chi connectivity index (χ0n) is 15.4. The molecule has 0 aliphatic heterocycles. The zero-order chi connectivity index (χ0) is 19.2. The van der Waals surface area contributed by atoms with Gasteiger partial charge in [0.25, 0.3) is 5.91 Å². The summed E-state index contributed by atoms with van der Waals surface area (Å²) < 4.78 is 10.5. The van der Waals surface area contributed by atoms with Crippen molar-refractivity contribution in [1.29, 1.82) is 0 Å². The van der Waals surface area contributed by atoms with Crippen molar-refractivity contribution in [2.75, 3.05) is 7.11 Å². The van der Waals surface area contributed by atoms with E-state index in [4.69, 9.17) is 9.26 Å². The van der Waals surface area contributed by atoms with Crippen molar-refractivity contribution in [3.05, 3.63) is 77.7 Å². The summed E-state index contributed by atoms with van der Waals surface area (Å²) in [5, 5.41) is 6.76. The number of benzene rings is 2. The van der Waals surface area contributed by atoms with Crippen LogP contribution in [-0.2, 0) is 13.0 Å². The molecule has 0 spiro atoms. The number of carbonyl (C=O) groups is 1. The Balaban J connectivity index is 1.66. The molecule has 2 aromatic carbocycles. The van der Waals surface area contributed by atoms with Gasteiger partial charge in [-0.15, -0.1) is 6.58 Å². The Hall–Kier alpha value is -3.41. The summed E-state index contributed by atoms with van der Waals surface area (Å²) in [6.07, 6.45) is 2.39. The number of nitrogens with one attached hydrogen (secondary N) is 1. The van der Waals surface area contributed by atoms with E-state index in [0.29, 0.717) is 23.7 Å². The van der Waals surface area contributed by atoms with Gasteiger partial charge in [0, 0.05) is 11.1 Å². The van der Waals surface area contributed by atoms with Crippen LogP contribution in [-0.4, -0.2) is 23.2 Å². The highest BCUT2D eigenvalue weighted by molar-refractivity contribution is 5.94. The van der Waals surface area contributed by atoms with Crippen molar-refractivity contribution < 1.29 is 14.1 Å². The molecule has 0 aliphatic rings. The van der Waals surface area contributed by atoms with Gasteiger partial charge >= 0.3 is 0 Å². The molecular formula is C21H21N3O3. The van der Waals surface area contributed by atoms with Crippen LogP contribution in [0, 0.1) is 6.92 Å². The molecule has 3 rings (SSSR count). The standard InChI is InChI=1S/C21H21N3O3/c1-4-5-16-12-17(10-11-18(16)26-3)21(25)22-13-19-23-20(24-27-19)15-8-6-14(2)7-9-15/h4,6-12H,1,5,13H2,2-3H3,(H,22,25). The predicted molar refractivity (Wildman–Crippen MR) is 103 cm³/mol. The lowest BCUT2D eigenvalue weighted by Gasteiger charge is -2.09. The molecular weight excluding hydrogens is 342 g/mol. The van der Waals surface area contributed by atoms with E-state index < -0.39 is 0 Å². The molecule has 6 heteroatoms. The lowest BCUT2D eigenvalue weighted by atomic mass is 10.1. The molecule has 1 aromatic heterocycles. The van der Waals surface area contributed by atoms with Crippen LogP contribution in [0.15, 0.2) is 59.6 Å². The Morgan fingerprint density at radius 2 is 2.04 bits per heavy atom. The minimum atomic E-state index is -0.224. The third-order valence-corrected chi connectivity index (χ3v) is 4.08. The molecule has 0 radical (unpaired) electrons. The number of amides is 1. The summed E-state index contributed by atoms with van der Waals surface area (Å²) in [5.41, 5.74) is 3.46. The van der Waals surface area contributed by atoms with Crippen molar-refractivity contribution in [3.63, 3.8) is 0 Å². The maximum Gasteiger partial charge on any atom is 0.251 e. The smallest absolute Gasteiger partial charge is 0.251 e. The molecule has 0 bridgehead atoms. The molecule has 0 saturated carbocycles. The van der Waals surface area contributed by atoms with Crippen LogP contribution in [0.2, 0.25) is 0 Å². The number of rotatable bonds is 7. The van der Waals surface area contributed by atoms with Crippen LogP contribution in [0.3, 0.4) is 0 Å². The van der Waals surface area contributed by atoms with E-state index >= 15 is 0 Å². The van der Waals surface area contributed by atoms with Gasteiger partial charge in [0.15, 0.2) is 0 Å². The second kappa shape index (κ2) is 8.31. The minimum Gasteiger partial charge on any atom is -0.496 e. The lowest BCUT2D eigenvalue weighted by Crippen LogP contribution is -2.23. The topological polar surface area (TPSA) is 77.3 Å². The Labute approximate surface area is 157 Å². The predicted octanol–water partition coefficient (Wildman–Crippen LogP) is 3.71. The number of hydrogen-bond donors (Lipinski definition) is 1. The first-order valence-electron chi connectivity index (χ1n) is 8.56. The van der Waals surface area contributed by atoms with Gasteiger partial charge in [-0.25, -0.2) is 0 Å². The first-order valence-corrected chi connectivity index (χ1v) is 8.56. The van der Waals surface area contributed by atoms with Gasteiger partial charge in [-0.05, 0) is 37.1 Å². The highest BCUT2D eigenvalue weighted by Gasteiger charge is 2.12. The molecule has 0 aliphatic carbocycles. The maximum absolute atomic E-state index is 12.4. The maximum atomic E-state index is 12.4. The van der Waals surface area contributed by atoms with Gasteiger partial charge in [-0.3, -0.25) is 4.79 Å². The second-order valence-electron chi connectivity index (χ2n) is 6.08. The first-order chi connectivity index (χ1) is 13.1. The van der Waals surface area contributed by atoms with Crippen LogP contribution in [0.1, 0.15) is 27.4 Å². The number of hydrogen-bond acceptors (Lipinski definition) is 5. The second-order valence-corrected chi connectivity index (χ2v) is 6.08. The fraction of sp³-hybridized carbons (Fsp3) is 0.190. The Kier molecular flexibility index (Phi) is 5.66. The van der Waals surface area contributed by atoms with Crippen molar-refractivity contribution in [2.24, 2.45) is 0 Å². The van der Waals surface area contributed by atoms with E-state index in [-0.39, 0.29) is 12.5 Å². The fourth-order valence-electron chi connectivity index (χ4n) is 2.64. The molecule has 1 amide bonds. The van der Waals surface area contributed by atoms with Crippen molar-refractivity contribution >= 4 is 5.91 Å². The Morgan fingerprint density at radius 3 is 2.74 bits per heavy atom. The third-order valence-electron chi connectivity index (χ3n) is 4.08. The average molecular weight is 363 g/mol. The highest BCUT2D eigenvalue weighted by atomic mass is 16.5. The molecule has 1 heterocycles. The summed E-state index contributed by atoms with van der Waals surface area (Å²) >= 11 is 0. The number of carbonyl (C=O) groups excluding carboxylic acids is 1. The molecule has 0 saturated heterocycles. The van der Waals surface area contributed by atoms with Crippen LogP contribution in [0.5, 0.6) is 5.75 Å². The van der Waals surface area contributed by atoms with Gasteiger partial charge in [0.2, 0.25) is 11.7 Å². The van der Waals surface area contributed by atoms with Crippen molar-refractivity contribution in [1.82, 2.24) is 15.5 Å². The van der Waals surface area contributed by atoms with E-state index in [1.807, 2.05) is 31.2 Å². The lowest BCUT2D eigenvalue weighted by molar-refractivity contribution is 0.0946. The summed E-state index contributed by atoms with van der Waals surface area (Å²) in [7, 11) is 1.60. The number of nitrogens with zero attached hydrogens (tertiary/aromatic N) is 2. The molecule has 27 heavy (non-hydrogen) atoms. The third kappa shape index (κ3) is 4.41. The van der Waals surface area contributed by atoms with Gasteiger partial charge in [-0.2, -0.15) is 4.98 Å². The Bertz CT molecular complexity index is 946. The summed E-state index contributed by atoms with van der Waals surface area (Å²) in [4.78, 5) is 16.7. The van der Waals surface area contributed by atoms with Crippen LogP contribution in [0.4, 0.5) is 0 Å². The average Bonchev–Trinajstić information content (AvgIpc) is 3.16. The normalized spacial score (nSPS) is 10.4. The van der Waals surface area contributed by atoms with E-state index in [2.05, 4.69) is 22.0 Å². The summed E-state index contributed by atoms with van der Waals surface area (Å²) in [6.45, 7) is 5.90. The van der Waals surface area contributed by atoms with Gasteiger partial charge in [-0.1, -0.05) is 41.1 Å². The van der Waals surface area contributed by atoms with E-state index in [1.165, 1.54) is 0 Å². The molecule has 6 nitrogen and oxygen atoms in total. The fourth-order valence-corrected chi connectivity index (χ4v) is 2.64. The monoisotopic (exact) mass is 363 g/mol. The molecule has 3 aromatic rings. The van der Waals surface area contributed by atoms with Crippen LogP contribution in [0.25, 0.3) is 11.4 Å². The highest BCUT2D eigenvalue weighted by Crippen LogP contribution is 2.21. The quantitative estimate of drug-likeness (QED) is 0.648. The van der Waals surface area contributed by atoms with E-state index in [1.54, 1.807) is 31.4 Å². The molecule has 0 unspecified atom stereocenters. The summed E-state index contributed by atoms with van der Waals surface area (Å²) in [6, 6.07) is 13.1. The largest absolute Gasteiger partial charge is 0.496 e. The minimum absolute atomic E-state index is 0.153. The molecule has 138 valence electrons. The van der Waals surface area contributed by atoms with Gasteiger partial charge in [0.1, 0.15) is 5.75 Å². The van der Waals surface area contributed by atoms with Crippen molar-refractivity contribution in [2.45, 2.75) is 19.9 Å². The van der Waals surface area contributed by atoms with Gasteiger partial charge in [0.05, 0.1) is 13.7 Å². The number of allylic oxidation sites excluding steroid dienone is 1. The molecule has 0 atom stereocenters. The van der Waals surface area contributed by atoms with Gasteiger partial charge < -0.3 is 14.6 Å². The summed E-state index contributed by atoms with van der Waals surface area (Å²) in [5.74, 6) is 1.35. The van der Waals surface area contributed by atoms with Crippen LogP contribution >= 0.6 is 0 Å². The SMILES string of the molecule is C=CCc1cc(C(=O)NCc2nc(-c3ccc(C)cc3)no2)ccc1OC. The van der Waals surface area contributed by atoms with E-state index in [9.17, 15) is 4.79 Å². The van der Waals surface area contributed by atoms with E-state index in [0.717, 1.165) is 22.4 Å². The Morgan fingerprint density at radius 1 is 1.26 bits per heavy atom. The van der Waals surface area contributed by atoms with Crippen LogP contribution < -0.4 is 10.1 Å².